The third kappa shape index (κ3) is 2.58. The molecule has 1 saturated carbocycles. The second-order valence-corrected chi connectivity index (χ2v) is 7.02. The number of hydrogen-bond donors (Lipinski definition) is 1. The van der Waals surface area contributed by atoms with Crippen molar-refractivity contribution in [2.24, 2.45) is 11.3 Å². The number of nitrogens with two attached hydrogens (primary N) is 1. The van der Waals surface area contributed by atoms with Gasteiger partial charge in [0.1, 0.15) is 5.82 Å². The predicted octanol–water partition coefficient (Wildman–Crippen LogP) is 4.40. The molecule has 1 heterocycles. The smallest absolute Gasteiger partial charge is 0.136 e. The van der Waals surface area contributed by atoms with Crippen LogP contribution in [-0.4, -0.2) is 9.78 Å². The van der Waals surface area contributed by atoms with Crippen molar-refractivity contribution in [2.45, 2.75) is 58.9 Å². The van der Waals surface area contributed by atoms with Gasteiger partial charge in [-0.2, -0.15) is 5.10 Å². The minimum Gasteiger partial charge on any atom is -0.383 e. The number of nitrogens with zero attached hydrogens (tertiary/aromatic N) is 2. The molecule has 0 amide bonds. The maximum Gasteiger partial charge on any atom is 0.136 e. The lowest BCUT2D eigenvalue weighted by Crippen LogP contribution is -2.29. The van der Waals surface area contributed by atoms with Gasteiger partial charge in [-0.1, -0.05) is 27.2 Å². The van der Waals surface area contributed by atoms with Crippen LogP contribution in [0.4, 0.5) is 5.82 Å². The predicted molar refractivity (Wildman–Crippen MR) is 79.4 cm³/mol. The summed E-state index contributed by atoms with van der Waals surface area (Å²) in [4.78, 5) is 0. The molecule has 1 aliphatic carbocycles. The topological polar surface area (TPSA) is 43.8 Å². The van der Waals surface area contributed by atoms with Crippen LogP contribution in [-0.2, 0) is 0 Å². The highest BCUT2D eigenvalue weighted by Gasteiger charge is 2.32. The lowest BCUT2D eigenvalue weighted by molar-refractivity contribution is 0.127. The van der Waals surface area contributed by atoms with Crippen LogP contribution in [0.5, 0.6) is 0 Å². The third-order valence-electron chi connectivity index (χ3n) is 4.85. The summed E-state index contributed by atoms with van der Waals surface area (Å²) in [6.07, 6.45) is 8.05. The van der Waals surface area contributed by atoms with Gasteiger partial charge in [0.25, 0.3) is 0 Å². The molecule has 1 aliphatic rings. The molecule has 1 fully saturated rings. The van der Waals surface area contributed by atoms with Gasteiger partial charge in [-0.15, -0.1) is 0 Å². The quantitative estimate of drug-likeness (QED) is 0.899. The van der Waals surface area contributed by atoms with Crippen LogP contribution < -0.4 is 5.73 Å². The van der Waals surface area contributed by atoms with E-state index in [1.54, 1.807) is 6.20 Å². The zero-order chi connectivity index (χ0) is 13.3. The Morgan fingerprint density at radius 3 is 2.44 bits per heavy atom. The molecule has 0 bridgehead atoms. The Morgan fingerprint density at radius 2 is 2.00 bits per heavy atom. The summed E-state index contributed by atoms with van der Waals surface area (Å²) >= 11 is 3.43. The number of nitrogen functional groups attached to an aromatic ring is 1. The van der Waals surface area contributed by atoms with Crippen LogP contribution in [0.2, 0.25) is 0 Å². The second kappa shape index (κ2) is 5.24. The van der Waals surface area contributed by atoms with E-state index in [1.807, 2.05) is 4.68 Å². The van der Waals surface area contributed by atoms with Gasteiger partial charge in [-0.3, -0.25) is 0 Å². The fourth-order valence-corrected chi connectivity index (χ4v) is 3.31. The molecule has 102 valence electrons. The van der Waals surface area contributed by atoms with Crippen molar-refractivity contribution in [3.05, 3.63) is 10.7 Å². The van der Waals surface area contributed by atoms with Crippen LogP contribution in [0.15, 0.2) is 10.7 Å². The van der Waals surface area contributed by atoms with Gasteiger partial charge in [0, 0.05) is 0 Å². The van der Waals surface area contributed by atoms with Gasteiger partial charge in [-0.05, 0) is 52.9 Å². The maximum atomic E-state index is 6.03. The molecule has 0 aromatic carbocycles. The van der Waals surface area contributed by atoms with Gasteiger partial charge in [0.05, 0.1) is 16.7 Å². The minimum absolute atomic E-state index is 0.473. The highest BCUT2D eigenvalue weighted by Crippen LogP contribution is 2.43. The zero-order valence-corrected chi connectivity index (χ0v) is 13.2. The normalized spacial score (nSPS) is 25.3. The Labute approximate surface area is 118 Å². The molecule has 1 aromatic rings. The van der Waals surface area contributed by atoms with Gasteiger partial charge < -0.3 is 5.73 Å². The molecule has 2 rings (SSSR count). The van der Waals surface area contributed by atoms with E-state index in [2.05, 4.69) is 41.8 Å². The molecule has 1 aromatic heterocycles. The molecular formula is C14H24BrN3. The molecule has 0 atom stereocenters. The largest absolute Gasteiger partial charge is 0.383 e. The summed E-state index contributed by atoms with van der Waals surface area (Å²) in [5.41, 5.74) is 6.51. The molecule has 0 unspecified atom stereocenters. The van der Waals surface area contributed by atoms with Crippen molar-refractivity contribution < 1.29 is 0 Å². The van der Waals surface area contributed by atoms with Crippen molar-refractivity contribution >= 4 is 21.7 Å². The molecule has 0 aliphatic heterocycles. The Hall–Kier alpha value is -0.510. The SMILES string of the molecule is CCC(C)(C)C1CCC(n2ncc(Br)c2N)CC1. The molecule has 4 heteroatoms. The van der Waals surface area contributed by atoms with E-state index in [9.17, 15) is 0 Å². The van der Waals surface area contributed by atoms with E-state index >= 15 is 0 Å². The number of anilines is 1. The molecule has 0 saturated heterocycles. The highest BCUT2D eigenvalue weighted by atomic mass is 79.9. The number of hydrogen-bond acceptors (Lipinski definition) is 2. The van der Waals surface area contributed by atoms with E-state index in [1.165, 1.54) is 32.1 Å². The lowest BCUT2D eigenvalue weighted by Gasteiger charge is -2.39. The summed E-state index contributed by atoms with van der Waals surface area (Å²) in [5.74, 6) is 1.62. The average Bonchev–Trinajstić information content (AvgIpc) is 2.70. The Kier molecular flexibility index (Phi) is 4.05. The third-order valence-corrected chi connectivity index (χ3v) is 5.46. The van der Waals surface area contributed by atoms with Crippen LogP contribution in [0.1, 0.15) is 58.9 Å². The molecule has 3 nitrogen and oxygen atoms in total. The van der Waals surface area contributed by atoms with E-state index in [0.717, 1.165) is 16.2 Å². The second-order valence-electron chi connectivity index (χ2n) is 6.17. The fraction of sp³-hybridized carbons (Fsp3) is 0.786. The minimum atomic E-state index is 0.473. The first kappa shape index (κ1) is 13.9. The van der Waals surface area contributed by atoms with Crippen LogP contribution in [0, 0.1) is 11.3 Å². The van der Waals surface area contributed by atoms with Crippen molar-refractivity contribution in [3.8, 4) is 0 Å². The van der Waals surface area contributed by atoms with Crippen molar-refractivity contribution in [1.82, 2.24) is 9.78 Å². The summed E-state index contributed by atoms with van der Waals surface area (Å²) in [5, 5.41) is 4.39. The van der Waals surface area contributed by atoms with Crippen LogP contribution in [0.3, 0.4) is 0 Å². The van der Waals surface area contributed by atoms with E-state index in [4.69, 9.17) is 5.73 Å². The van der Waals surface area contributed by atoms with Gasteiger partial charge in [0.15, 0.2) is 0 Å². The first-order valence-electron chi connectivity index (χ1n) is 6.94. The summed E-state index contributed by atoms with van der Waals surface area (Å²) in [7, 11) is 0. The van der Waals surface area contributed by atoms with E-state index in [-0.39, 0.29) is 0 Å². The maximum absolute atomic E-state index is 6.03. The Morgan fingerprint density at radius 1 is 1.39 bits per heavy atom. The van der Waals surface area contributed by atoms with Gasteiger partial charge in [-0.25, -0.2) is 4.68 Å². The van der Waals surface area contributed by atoms with E-state index in [0.29, 0.717) is 11.5 Å². The number of rotatable bonds is 3. The first-order chi connectivity index (χ1) is 8.45. The van der Waals surface area contributed by atoms with Gasteiger partial charge in [0.2, 0.25) is 0 Å². The highest BCUT2D eigenvalue weighted by molar-refractivity contribution is 9.10. The molecular weight excluding hydrogens is 290 g/mol. The molecule has 0 radical (unpaired) electrons. The van der Waals surface area contributed by atoms with Crippen LogP contribution >= 0.6 is 15.9 Å². The van der Waals surface area contributed by atoms with Crippen LogP contribution in [0.25, 0.3) is 0 Å². The summed E-state index contributed by atoms with van der Waals surface area (Å²) < 4.78 is 2.91. The Balaban J connectivity index is 2.01. The lowest BCUT2D eigenvalue weighted by atomic mass is 9.69. The fourth-order valence-electron chi connectivity index (χ4n) is 3.03. The number of halogens is 1. The average molecular weight is 314 g/mol. The van der Waals surface area contributed by atoms with Crippen molar-refractivity contribution in [3.63, 3.8) is 0 Å². The van der Waals surface area contributed by atoms with E-state index < -0.39 is 0 Å². The summed E-state index contributed by atoms with van der Waals surface area (Å²) in [6.45, 7) is 7.10. The first-order valence-corrected chi connectivity index (χ1v) is 7.73. The van der Waals surface area contributed by atoms with Crippen molar-refractivity contribution in [2.75, 3.05) is 5.73 Å². The van der Waals surface area contributed by atoms with Crippen molar-refractivity contribution in [1.29, 1.82) is 0 Å². The molecule has 0 spiro atoms. The van der Waals surface area contributed by atoms with Gasteiger partial charge >= 0.3 is 0 Å². The molecule has 2 N–H and O–H groups in total. The zero-order valence-electron chi connectivity index (χ0n) is 11.6. The monoisotopic (exact) mass is 313 g/mol. The standard InChI is InChI=1S/C14H24BrN3/c1-4-14(2,3)10-5-7-11(8-6-10)18-13(16)12(15)9-17-18/h9-11H,4-8,16H2,1-3H3. The molecule has 18 heavy (non-hydrogen) atoms. The number of aromatic nitrogens is 2. The summed E-state index contributed by atoms with van der Waals surface area (Å²) in [6, 6.07) is 0.486. The Bertz CT molecular complexity index is 403.